The van der Waals surface area contributed by atoms with Gasteiger partial charge in [-0.3, -0.25) is 9.59 Å². The lowest BCUT2D eigenvalue weighted by Crippen LogP contribution is -2.40. The van der Waals surface area contributed by atoms with E-state index in [1.807, 2.05) is 37.8 Å². The average Bonchev–Trinajstić information content (AvgIpc) is 2.76. The maximum absolute atomic E-state index is 13.0. The van der Waals surface area contributed by atoms with Crippen LogP contribution in [0.1, 0.15) is 69.8 Å². The minimum atomic E-state index is -0.326. The van der Waals surface area contributed by atoms with E-state index in [2.05, 4.69) is 24.2 Å². The maximum Gasteiger partial charge on any atom is 0.251 e. The van der Waals surface area contributed by atoms with Crippen LogP contribution in [0.5, 0.6) is 0 Å². The monoisotopic (exact) mass is 384 g/mol. The molecular formula is C22H32N4O2. The lowest BCUT2D eigenvalue weighted by atomic mass is 10.0. The van der Waals surface area contributed by atoms with Crippen LogP contribution in [0.25, 0.3) is 6.08 Å². The first-order valence-electron chi connectivity index (χ1n) is 9.94. The number of hydrogen-bond acceptors (Lipinski definition) is 4. The fourth-order valence-corrected chi connectivity index (χ4v) is 3.14. The Bertz CT molecular complexity index is 797. The quantitative estimate of drug-likeness (QED) is 0.785. The van der Waals surface area contributed by atoms with E-state index >= 15 is 0 Å². The third kappa shape index (κ3) is 5.68. The second-order valence-corrected chi connectivity index (χ2v) is 8.22. The molecule has 0 aliphatic carbocycles. The van der Waals surface area contributed by atoms with Crippen molar-refractivity contribution < 1.29 is 9.59 Å². The van der Waals surface area contributed by atoms with Gasteiger partial charge in [0.05, 0.1) is 5.69 Å². The fourth-order valence-electron chi connectivity index (χ4n) is 3.14. The standard InChI is InChI=1S/C22H32N4O2/c1-6-10-26(11-7-2)21(28)17-12-15-8-9-16(20(27)25-22(3,4)5)13-18(15)24-19(23)14-17/h8-9,12-13H,6-7,10-11,14H2,1-5H3,(H2,23,24)(H,25,27). The van der Waals surface area contributed by atoms with E-state index in [0.29, 0.717) is 29.1 Å². The van der Waals surface area contributed by atoms with E-state index in [-0.39, 0.29) is 17.4 Å². The SMILES string of the molecule is CCCN(CCC)C(=O)C1=Cc2ccc(C(=O)NC(C)(C)C)cc2N=C(N)C1. The summed E-state index contributed by atoms with van der Waals surface area (Å²) in [6.07, 6.45) is 3.97. The van der Waals surface area contributed by atoms with Crippen LogP contribution in [-0.2, 0) is 4.79 Å². The zero-order valence-electron chi connectivity index (χ0n) is 17.6. The van der Waals surface area contributed by atoms with E-state index in [9.17, 15) is 9.59 Å². The molecule has 0 aromatic heterocycles. The molecule has 0 radical (unpaired) electrons. The Kier molecular flexibility index (Phi) is 7.00. The van der Waals surface area contributed by atoms with E-state index in [4.69, 9.17) is 5.73 Å². The third-order valence-electron chi connectivity index (χ3n) is 4.30. The summed E-state index contributed by atoms with van der Waals surface area (Å²) in [6, 6.07) is 5.31. The Morgan fingerprint density at radius 3 is 2.39 bits per heavy atom. The number of nitrogens with zero attached hydrogens (tertiary/aromatic N) is 2. The highest BCUT2D eigenvalue weighted by Crippen LogP contribution is 2.28. The molecule has 3 N–H and O–H groups in total. The molecule has 0 bridgehead atoms. The number of amidine groups is 1. The van der Waals surface area contributed by atoms with Crippen LogP contribution < -0.4 is 11.1 Å². The van der Waals surface area contributed by atoms with Gasteiger partial charge in [0.2, 0.25) is 5.91 Å². The predicted octanol–water partition coefficient (Wildman–Crippen LogP) is 3.64. The van der Waals surface area contributed by atoms with E-state index in [0.717, 1.165) is 31.5 Å². The average molecular weight is 385 g/mol. The number of aliphatic imine (C=N–C) groups is 1. The van der Waals surface area contributed by atoms with Gasteiger partial charge in [0, 0.05) is 41.7 Å². The molecular weight excluding hydrogens is 352 g/mol. The molecule has 0 unspecified atom stereocenters. The van der Waals surface area contributed by atoms with E-state index < -0.39 is 0 Å². The molecule has 28 heavy (non-hydrogen) atoms. The van der Waals surface area contributed by atoms with Crippen LogP contribution in [0.2, 0.25) is 0 Å². The molecule has 0 fully saturated rings. The van der Waals surface area contributed by atoms with Crippen LogP contribution in [0.15, 0.2) is 28.8 Å². The molecule has 0 spiro atoms. The predicted molar refractivity (Wildman–Crippen MR) is 115 cm³/mol. The van der Waals surface area contributed by atoms with Crippen LogP contribution in [0, 0.1) is 0 Å². The Morgan fingerprint density at radius 1 is 1.18 bits per heavy atom. The number of carbonyl (C=O) groups is 2. The van der Waals surface area contributed by atoms with Gasteiger partial charge in [-0.2, -0.15) is 0 Å². The Hall–Kier alpha value is -2.63. The molecule has 1 aliphatic rings. The molecule has 1 aromatic rings. The molecule has 152 valence electrons. The van der Waals surface area contributed by atoms with Crippen molar-refractivity contribution in [2.45, 2.75) is 59.4 Å². The summed E-state index contributed by atoms with van der Waals surface area (Å²) in [6.45, 7) is 11.4. The summed E-state index contributed by atoms with van der Waals surface area (Å²) in [4.78, 5) is 31.8. The van der Waals surface area contributed by atoms with Crippen LogP contribution in [0.4, 0.5) is 5.69 Å². The van der Waals surface area contributed by atoms with Crippen molar-refractivity contribution in [3.05, 3.63) is 34.9 Å². The van der Waals surface area contributed by atoms with Gasteiger partial charge in [0.25, 0.3) is 5.91 Å². The highest BCUT2D eigenvalue weighted by Gasteiger charge is 2.22. The lowest BCUT2D eigenvalue weighted by Gasteiger charge is -2.22. The molecule has 6 nitrogen and oxygen atoms in total. The summed E-state index contributed by atoms with van der Waals surface area (Å²) in [7, 11) is 0. The van der Waals surface area contributed by atoms with E-state index in [1.54, 1.807) is 12.1 Å². The summed E-state index contributed by atoms with van der Waals surface area (Å²) in [5, 5.41) is 2.94. The first-order valence-corrected chi connectivity index (χ1v) is 9.94. The zero-order chi connectivity index (χ0) is 20.9. The Labute approximate surface area is 167 Å². The molecule has 0 saturated carbocycles. The number of rotatable bonds is 6. The molecule has 1 aliphatic heterocycles. The largest absolute Gasteiger partial charge is 0.387 e. The van der Waals surface area contributed by atoms with Gasteiger partial charge in [-0.1, -0.05) is 19.9 Å². The number of benzene rings is 1. The molecule has 1 aromatic carbocycles. The first kappa shape index (κ1) is 21.7. The second-order valence-electron chi connectivity index (χ2n) is 8.22. The van der Waals surface area contributed by atoms with Gasteiger partial charge in [-0.15, -0.1) is 0 Å². The minimum Gasteiger partial charge on any atom is -0.387 e. The fraction of sp³-hybridized carbons (Fsp3) is 0.500. The van der Waals surface area contributed by atoms with Gasteiger partial charge >= 0.3 is 0 Å². The smallest absolute Gasteiger partial charge is 0.251 e. The number of nitrogens with one attached hydrogen (secondary N) is 1. The topological polar surface area (TPSA) is 87.8 Å². The van der Waals surface area contributed by atoms with Gasteiger partial charge < -0.3 is 16.0 Å². The van der Waals surface area contributed by atoms with Crippen molar-refractivity contribution >= 4 is 29.4 Å². The normalized spacial score (nSPS) is 13.8. The lowest BCUT2D eigenvalue weighted by molar-refractivity contribution is -0.127. The zero-order valence-corrected chi connectivity index (χ0v) is 17.6. The van der Waals surface area contributed by atoms with Gasteiger partial charge in [-0.05, 0) is 51.8 Å². The van der Waals surface area contributed by atoms with Crippen LogP contribution in [0.3, 0.4) is 0 Å². The molecule has 2 rings (SSSR count). The van der Waals surface area contributed by atoms with Gasteiger partial charge in [-0.25, -0.2) is 4.99 Å². The van der Waals surface area contributed by atoms with Crippen molar-refractivity contribution in [2.75, 3.05) is 13.1 Å². The number of amides is 2. The van der Waals surface area contributed by atoms with Crippen molar-refractivity contribution in [3.8, 4) is 0 Å². The summed E-state index contributed by atoms with van der Waals surface area (Å²) in [5.74, 6) is 0.217. The van der Waals surface area contributed by atoms with Crippen LogP contribution >= 0.6 is 0 Å². The third-order valence-corrected chi connectivity index (χ3v) is 4.30. The highest BCUT2D eigenvalue weighted by atomic mass is 16.2. The second kappa shape index (κ2) is 9.04. The number of hydrogen-bond donors (Lipinski definition) is 2. The van der Waals surface area contributed by atoms with Crippen LogP contribution in [-0.4, -0.2) is 41.2 Å². The summed E-state index contributed by atoms with van der Waals surface area (Å²) >= 11 is 0. The Morgan fingerprint density at radius 2 is 1.82 bits per heavy atom. The summed E-state index contributed by atoms with van der Waals surface area (Å²) < 4.78 is 0. The van der Waals surface area contributed by atoms with Crippen molar-refractivity contribution in [1.29, 1.82) is 0 Å². The molecule has 2 amide bonds. The van der Waals surface area contributed by atoms with Crippen molar-refractivity contribution in [1.82, 2.24) is 10.2 Å². The van der Waals surface area contributed by atoms with Crippen molar-refractivity contribution in [2.24, 2.45) is 10.7 Å². The number of nitrogens with two attached hydrogens (primary N) is 1. The minimum absolute atomic E-state index is 0.00394. The molecule has 1 heterocycles. The molecule has 0 atom stereocenters. The Balaban J connectivity index is 2.36. The number of carbonyl (C=O) groups excluding carboxylic acids is 2. The van der Waals surface area contributed by atoms with Crippen molar-refractivity contribution in [3.63, 3.8) is 0 Å². The van der Waals surface area contributed by atoms with Gasteiger partial charge in [0.1, 0.15) is 5.84 Å². The molecule has 6 heteroatoms. The van der Waals surface area contributed by atoms with Gasteiger partial charge in [0.15, 0.2) is 0 Å². The van der Waals surface area contributed by atoms with E-state index in [1.165, 1.54) is 0 Å². The number of fused-ring (bicyclic) bond motifs is 1. The molecule has 0 saturated heterocycles. The summed E-state index contributed by atoms with van der Waals surface area (Å²) in [5.41, 5.74) is 8.33. The maximum atomic E-state index is 13.0. The highest BCUT2D eigenvalue weighted by molar-refractivity contribution is 6.06. The first-order chi connectivity index (χ1) is 13.1.